The molecular formula is C28H27N5O2. The molecule has 0 bridgehead atoms. The number of nitrogens with zero attached hydrogens (tertiary/aromatic N) is 5. The summed E-state index contributed by atoms with van der Waals surface area (Å²) in [4.78, 5) is 0. The molecule has 7 heteroatoms. The topological polar surface area (TPSA) is 80.1 Å². The van der Waals surface area contributed by atoms with E-state index in [-0.39, 0.29) is 11.8 Å². The van der Waals surface area contributed by atoms with E-state index in [9.17, 15) is 5.26 Å². The third kappa shape index (κ3) is 5.12. The molecule has 0 fully saturated rings. The number of aromatic nitrogens is 3. The Morgan fingerprint density at radius 3 is 2.71 bits per heavy atom. The number of ether oxygens (including phenoxy) is 1. The zero-order chi connectivity index (χ0) is 24.0. The van der Waals surface area contributed by atoms with Crippen molar-refractivity contribution in [2.45, 2.75) is 26.4 Å². The number of rotatable bonds is 8. The van der Waals surface area contributed by atoms with Gasteiger partial charge in [-0.2, -0.15) is 5.26 Å². The average molecular weight is 466 g/mol. The average Bonchev–Trinajstić information content (AvgIpc) is 3.62. The van der Waals surface area contributed by atoms with Crippen molar-refractivity contribution in [2.75, 3.05) is 11.6 Å². The van der Waals surface area contributed by atoms with E-state index >= 15 is 0 Å². The molecule has 2 atom stereocenters. The number of furan rings is 1. The summed E-state index contributed by atoms with van der Waals surface area (Å²) >= 11 is 0. The minimum Gasteiger partial charge on any atom is -0.489 e. The van der Waals surface area contributed by atoms with Gasteiger partial charge in [-0.1, -0.05) is 43.3 Å². The summed E-state index contributed by atoms with van der Waals surface area (Å²) < 4.78 is 13.2. The first-order valence-electron chi connectivity index (χ1n) is 11.8. The minimum atomic E-state index is 0.163. The third-order valence-corrected chi connectivity index (χ3v) is 6.39. The third-order valence-electron chi connectivity index (χ3n) is 6.39. The highest BCUT2D eigenvalue weighted by Crippen LogP contribution is 2.36. The predicted octanol–water partition coefficient (Wildman–Crippen LogP) is 5.39. The molecule has 0 saturated heterocycles. The van der Waals surface area contributed by atoms with Crippen molar-refractivity contribution >= 4 is 5.57 Å². The fourth-order valence-corrected chi connectivity index (χ4v) is 4.51. The maximum absolute atomic E-state index is 9.76. The molecule has 2 unspecified atom stereocenters. The Bertz CT molecular complexity index is 1300. The van der Waals surface area contributed by atoms with Gasteiger partial charge in [0.25, 0.3) is 0 Å². The highest BCUT2D eigenvalue weighted by Gasteiger charge is 2.28. The van der Waals surface area contributed by atoms with Crippen LogP contribution in [0.25, 0.3) is 5.57 Å². The van der Waals surface area contributed by atoms with Gasteiger partial charge in [-0.25, -0.2) is 4.68 Å². The predicted molar refractivity (Wildman–Crippen MR) is 133 cm³/mol. The first-order valence-corrected chi connectivity index (χ1v) is 11.8. The molecule has 2 aliphatic carbocycles. The minimum absolute atomic E-state index is 0.163. The van der Waals surface area contributed by atoms with Crippen molar-refractivity contribution in [3.8, 4) is 6.07 Å². The zero-order valence-electron chi connectivity index (χ0n) is 19.6. The van der Waals surface area contributed by atoms with Crippen LogP contribution in [-0.2, 0) is 11.3 Å². The Balaban J connectivity index is 1.34. The van der Waals surface area contributed by atoms with Crippen molar-refractivity contribution in [3.05, 3.63) is 114 Å². The van der Waals surface area contributed by atoms with Crippen molar-refractivity contribution in [3.63, 3.8) is 0 Å². The van der Waals surface area contributed by atoms with Crippen LogP contribution in [0.1, 0.15) is 30.9 Å². The summed E-state index contributed by atoms with van der Waals surface area (Å²) in [7, 11) is 0. The van der Waals surface area contributed by atoms with E-state index in [1.165, 1.54) is 0 Å². The molecule has 2 heterocycles. The number of nitriles is 1. The Morgan fingerprint density at radius 1 is 1.20 bits per heavy atom. The number of hydrogen-bond acceptors (Lipinski definition) is 6. The van der Waals surface area contributed by atoms with Crippen LogP contribution in [0.15, 0.2) is 107 Å². The number of benzene rings is 1. The lowest BCUT2D eigenvalue weighted by molar-refractivity contribution is 0.208. The van der Waals surface area contributed by atoms with E-state index in [1.54, 1.807) is 25.2 Å². The molecule has 0 amide bonds. The fourth-order valence-electron chi connectivity index (χ4n) is 4.51. The van der Waals surface area contributed by atoms with Gasteiger partial charge in [0.05, 0.1) is 18.6 Å². The van der Waals surface area contributed by atoms with Crippen LogP contribution in [-0.4, -0.2) is 21.4 Å². The summed E-state index contributed by atoms with van der Waals surface area (Å²) in [5, 5.41) is 20.0. The van der Waals surface area contributed by atoms with E-state index in [1.807, 2.05) is 28.9 Å². The van der Waals surface area contributed by atoms with Crippen LogP contribution < -0.4 is 5.01 Å². The second-order valence-corrected chi connectivity index (χ2v) is 8.85. The Kier molecular flexibility index (Phi) is 6.62. The van der Waals surface area contributed by atoms with Gasteiger partial charge in [0.15, 0.2) is 0 Å². The van der Waals surface area contributed by atoms with Crippen molar-refractivity contribution < 1.29 is 9.15 Å². The maximum atomic E-state index is 9.76. The van der Waals surface area contributed by atoms with Gasteiger partial charge in [0, 0.05) is 40.8 Å². The fraction of sp³-hybridized carbons (Fsp3) is 0.250. The molecule has 5 rings (SSSR count). The molecule has 0 aliphatic heterocycles. The van der Waals surface area contributed by atoms with Crippen molar-refractivity contribution in [1.29, 1.82) is 5.26 Å². The summed E-state index contributed by atoms with van der Waals surface area (Å²) in [6.07, 6.45) is 16.8. The first kappa shape index (κ1) is 22.5. The van der Waals surface area contributed by atoms with Crippen LogP contribution in [0.3, 0.4) is 0 Å². The molecule has 3 aromatic rings. The molecule has 176 valence electrons. The Labute approximate surface area is 204 Å². The molecule has 0 saturated carbocycles. The van der Waals surface area contributed by atoms with E-state index in [0.29, 0.717) is 13.0 Å². The van der Waals surface area contributed by atoms with Crippen molar-refractivity contribution in [1.82, 2.24) is 14.9 Å². The summed E-state index contributed by atoms with van der Waals surface area (Å²) in [6, 6.07) is 14.5. The molecule has 1 aromatic carbocycles. The van der Waals surface area contributed by atoms with Gasteiger partial charge in [-0.15, -0.1) is 10.2 Å². The smallest absolute Gasteiger partial charge is 0.139 e. The van der Waals surface area contributed by atoms with Gasteiger partial charge in [0.1, 0.15) is 25.0 Å². The van der Waals surface area contributed by atoms with E-state index in [4.69, 9.17) is 9.15 Å². The highest BCUT2D eigenvalue weighted by molar-refractivity contribution is 5.81. The van der Waals surface area contributed by atoms with Gasteiger partial charge in [-0.05, 0) is 42.7 Å². The molecule has 7 nitrogen and oxygen atoms in total. The van der Waals surface area contributed by atoms with Gasteiger partial charge < -0.3 is 9.15 Å². The van der Waals surface area contributed by atoms with Crippen LogP contribution in [0.5, 0.6) is 0 Å². The zero-order valence-corrected chi connectivity index (χ0v) is 19.6. The molecule has 0 N–H and O–H groups in total. The molecule has 0 radical (unpaired) electrons. The largest absolute Gasteiger partial charge is 0.489 e. The second-order valence-electron chi connectivity index (χ2n) is 8.85. The van der Waals surface area contributed by atoms with Gasteiger partial charge in [0.2, 0.25) is 0 Å². The normalized spacial score (nSPS) is 19.7. The van der Waals surface area contributed by atoms with E-state index in [2.05, 4.69) is 64.6 Å². The lowest BCUT2D eigenvalue weighted by Gasteiger charge is -2.35. The monoisotopic (exact) mass is 465 g/mol. The first-order chi connectivity index (χ1) is 17.2. The number of allylic oxidation sites excluding steroid dienone is 6. The Hall–Kier alpha value is -4.31. The molecule has 2 aliphatic rings. The van der Waals surface area contributed by atoms with Crippen LogP contribution in [0.2, 0.25) is 0 Å². The second kappa shape index (κ2) is 10.3. The molecular weight excluding hydrogens is 438 g/mol. The lowest BCUT2D eigenvalue weighted by atomic mass is 9.86. The van der Waals surface area contributed by atoms with Gasteiger partial charge in [-0.3, -0.25) is 5.01 Å². The van der Waals surface area contributed by atoms with Gasteiger partial charge >= 0.3 is 0 Å². The molecule has 2 aromatic heterocycles. The highest BCUT2D eigenvalue weighted by atomic mass is 16.5. The van der Waals surface area contributed by atoms with Crippen LogP contribution >= 0.6 is 0 Å². The lowest BCUT2D eigenvalue weighted by Crippen LogP contribution is -2.40. The Morgan fingerprint density at radius 2 is 2.03 bits per heavy atom. The standard InChI is InChI=1S/C28H27N5O2/c1-21-13-25(15-29)27(24-11-12-34-18-24)14-28(21)33(32-19-30-31-20-32)16-22-7-9-26(10-8-22)35-17-23-5-3-2-4-6-23/h2-7,9-12,14,18-22H,8,13,16-17H2,1H3. The summed E-state index contributed by atoms with van der Waals surface area (Å²) in [5.74, 6) is 1.35. The summed E-state index contributed by atoms with van der Waals surface area (Å²) in [6.45, 7) is 3.45. The molecule has 35 heavy (non-hydrogen) atoms. The SMILES string of the molecule is CC1CC(C#N)=C(c2ccoc2)C=C1N(CC1C=CC(OCc2ccccc2)=CC1)n1cnnc1. The van der Waals surface area contributed by atoms with Crippen molar-refractivity contribution in [2.24, 2.45) is 11.8 Å². The molecule has 0 spiro atoms. The van der Waals surface area contributed by atoms with Crippen LogP contribution in [0, 0.1) is 23.2 Å². The maximum Gasteiger partial charge on any atom is 0.139 e. The van der Waals surface area contributed by atoms with Crippen LogP contribution in [0.4, 0.5) is 0 Å². The summed E-state index contributed by atoms with van der Waals surface area (Å²) in [5.41, 5.74) is 4.85. The van der Waals surface area contributed by atoms with E-state index < -0.39 is 0 Å². The quantitative estimate of drug-likeness (QED) is 0.444. The van der Waals surface area contributed by atoms with E-state index in [0.717, 1.165) is 46.7 Å². The number of hydrogen-bond donors (Lipinski definition) is 0.